The minimum Gasteiger partial charge on any atom is -0.354 e. The number of benzene rings is 2. The summed E-state index contributed by atoms with van der Waals surface area (Å²) in [6.45, 7) is 4.95. The Labute approximate surface area is 156 Å². The highest BCUT2D eigenvalue weighted by Gasteiger charge is 2.30. The van der Waals surface area contributed by atoms with E-state index in [0.717, 1.165) is 24.0 Å². The van der Waals surface area contributed by atoms with Gasteiger partial charge in [-0.15, -0.1) is 0 Å². The van der Waals surface area contributed by atoms with Crippen molar-refractivity contribution in [3.05, 3.63) is 71.8 Å². The first-order valence-electron chi connectivity index (χ1n) is 9.33. The van der Waals surface area contributed by atoms with Crippen LogP contribution in [0.2, 0.25) is 0 Å². The minimum absolute atomic E-state index is 0.0339. The average Bonchev–Trinajstić information content (AvgIpc) is 2.68. The molecule has 0 spiro atoms. The fourth-order valence-electron chi connectivity index (χ4n) is 2.90. The molecule has 0 saturated carbocycles. The SMILES string of the molecule is CCCCNC(=O)[C@H](c1ccccc1)N(Cc1ccccc1)C(=O)CC. The van der Waals surface area contributed by atoms with Gasteiger partial charge in [-0.3, -0.25) is 9.59 Å². The maximum Gasteiger partial charge on any atom is 0.247 e. The average molecular weight is 352 g/mol. The van der Waals surface area contributed by atoms with Crippen molar-refractivity contribution >= 4 is 11.8 Å². The van der Waals surface area contributed by atoms with E-state index in [2.05, 4.69) is 12.2 Å². The molecule has 2 rings (SSSR count). The maximum atomic E-state index is 13.0. The van der Waals surface area contributed by atoms with Crippen LogP contribution in [0.15, 0.2) is 60.7 Å². The molecule has 0 heterocycles. The number of nitrogens with zero attached hydrogens (tertiary/aromatic N) is 1. The molecule has 0 aromatic heterocycles. The molecule has 2 aromatic carbocycles. The minimum atomic E-state index is -0.624. The molecule has 26 heavy (non-hydrogen) atoms. The van der Waals surface area contributed by atoms with E-state index >= 15 is 0 Å². The summed E-state index contributed by atoms with van der Waals surface area (Å²) >= 11 is 0. The zero-order valence-electron chi connectivity index (χ0n) is 15.7. The van der Waals surface area contributed by atoms with E-state index in [4.69, 9.17) is 0 Å². The van der Waals surface area contributed by atoms with E-state index in [0.29, 0.717) is 19.5 Å². The Morgan fingerprint density at radius 3 is 2.15 bits per heavy atom. The molecule has 1 atom stereocenters. The van der Waals surface area contributed by atoms with Crippen LogP contribution in [0.1, 0.15) is 50.3 Å². The third-order valence-electron chi connectivity index (χ3n) is 4.32. The fourth-order valence-corrected chi connectivity index (χ4v) is 2.90. The number of amides is 2. The van der Waals surface area contributed by atoms with E-state index in [1.54, 1.807) is 4.90 Å². The van der Waals surface area contributed by atoms with Crippen molar-refractivity contribution < 1.29 is 9.59 Å². The molecule has 0 saturated heterocycles. The van der Waals surface area contributed by atoms with Gasteiger partial charge >= 0.3 is 0 Å². The Morgan fingerprint density at radius 2 is 1.58 bits per heavy atom. The lowest BCUT2D eigenvalue weighted by molar-refractivity contribution is -0.141. The molecule has 4 nitrogen and oxygen atoms in total. The van der Waals surface area contributed by atoms with Crippen molar-refractivity contribution in [3.8, 4) is 0 Å². The Morgan fingerprint density at radius 1 is 0.962 bits per heavy atom. The standard InChI is InChI=1S/C22H28N2O2/c1-3-5-16-23-22(26)21(19-14-10-7-11-15-19)24(20(25)4-2)17-18-12-8-6-9-13-18/h6-15,21H,3-5,16-17H2,1-2H3,(H,23,26)/t21-/m0/s1. The number of carbonyl (C=O) groups excluding carboxylic acids is 2. The summed E-state index contributed by atoms with van der Waals surface area (Å²) < 4.78 is 0. The molecule has 2 aromatic rings. The first-order chi connectivity index (χ1) is 12.7. The van der Waals surface area contributed by atoms with Gasteiger partial charge in [-0.1, -0.05) is 80.9 Å². The highest BCUT2D eigenvalue weighted by molar-refractivity contribution is 5.88. The van der Waals surface area contributed by atoms with Gasteiger partial charge in [0.25, 0.3) is 0 Å². The van der Waals surface area contributed by atoms with Crippen LogP contribution in [0.3, 0.4) is 0 Å². The second-order valence-corrected chi connectivity index (χ2v) is 6.32. The molecule has 0 fully saturated rings. The van der Waals surface area contributed by atoms with E-state index in [9.17, 15) is 9.59 Å². The lowest BCUT2D eigenvalue weighted by atomic mass is 10.0. The van der Waals surface area contributed by atoms with Gasteiger partial charge in [-0.05, 0) is 17.5 Å². The van der Waals surface area contributed by atoms with Gasteiger partial charge in [-0.2, -0.15) is 0 Å². The molecule has 0 bridgehead atoms. The lowest BCUT2D eigenvalue weighted by Crippen LogP contribution is -2.43. The van der Waals surface area contributed by atoms with Crippen molar-refractivity contribution in [1.29, 1.82) is 0 Å². The summed E-state index contributed by atoms with van der Waals surface area (Å²) in [5, 5.41) is 2.99. The van der Waals surface area contributed by atoms with Crippen molar-refractivity contribution in [3.63, 3.8) is 0 Å². The quantitative estimate of drug-likeness (QED) is 0.691. The molecule has 0 aliphatic heterocycles. The molecular weight excluding hydrogens is 324 g/mol. The van der Waals surface area contributed by atoms with Gasteiger partial charge in [0.1, 0.15) is 6.04 Å². The van der Waals surface area contributed by atoms with Gasteiger partial charge < -0.3 is 10.2 Å². The highest BCUT2D eigenvalue weighted by Crippen LogP contribution is 2.24. The van der Waals surface area contributed by atoms with E-state index in [1.165, 1.54) is 0 Å². The summed E-state index contributed by atoms with van der Waals surface area (Å²) in [7, 11) is 0. The van der Waals surface area contributed by atoms with Crippen LogP contribution < -0.4 is 5.32 Å². The Balaban J connectivity index is 2.34. The van der Waals surface area contributed by atoms with E-state index < -0.39 is 6.04 Å². The van der Waals surface area contributed by atoms with Gasteiger partial charge in [0, 0.05) is 19.5 Å². The topological polar surface area (TPSA) is 49.4 Å². The van der Waals surface area contributed by atoms with Crippen LogP contribution in [0.25, 0.3) is 0 Å². The number of carbonyl (C=O) groups is 2. The normalized spacial score (nSPS) is 11.6. The van der Waals surface area contributed by atoms with Crippen molar-refractivity contribution in [2.75, 3.05) is 6.54 Å². The maximum absolute atomic E-state index is 13.0. The van der Waals surface area contributed by atoms with Crippen LogP contribution in [0.5, 0.6) is 0 Å². The van der Waals surface area contributed by atoms with Crippen LogP contribution in [-0.2, 0) is 16.1 Å². The first kappa shape index (κ1) is 19.7. The second kappa shape index (κ2) is 10.4. The summed E-state index contributed by atoms with van der Waals surface area (Å²) in [4.78, 5) is 27.4. The van der Waals surface area contributed by atoms with Crippen molar-refractivity contribution in [2.45, 2.75) is 45.7 Å². The predicted molar refractivity (Wildman–Crippen MR) is 104 cm³/mol. The largest absolute Gasteiger partial charge is 0.354 e. The first-order valence-corrected chi connectivity index (χ1v) is 9.33. The Bertz CT molecular complexity index is 686. The lowest BCUT2D eigenvalue weighted by Gasteiger charge is -2.31. The Kier molecular flexibility index (Phi) is 7.87. The van der Waals surface area contributed by atoms with Crippen LogP contribution in [0.4, 0.5) is 0 Å². The molecular formula is C22H28N2O2. The molecule has 1 N–H and O–H groups in total. The number of nitrogens with one attached hydrogen (secondary N) is 1. The number of hydrogen-bond acceptors (Lipinski definition) is 2. The van der Waals surface area contributed by atoms with Crippen molar-refractivity contribution in [2.24, 2.45) is 0 Å². The number of hydrogen-bond donors (Lipinski definition) is 1. The van der Waals surface area contributed by atoms with Crippen LogP contribution >= 0.6 is 0 Å². The molecule has 0 unspecified atom stereocenters. The number of rotatable bonds is 9. The smallest absolute Gasteiger partial charge is 0.247 e. The zero-order chi connectivity index (χ0) is 18.8. The molecule has 0 aliphatic rings. The molecule has 0 aliphatic carbocycles. The fraction of sp³-hybridized carbons (Fsp3) is 0.364. The third kappa shape index (κ3) is 5.45. The van der Waals surface area contributed by atoms with Gasteiger partial charge in [0.2, 0.25) is 11.8 Å². The highest BCUT2D eigenvalue weighted by atomic mass is 16.2. The summed E-state index contributed by atoms with van der Waals surface area (Å²) in [5.41, 5.74) is 1.84. The van der Waals surface area contributed by atoms with Gasteiger partial charge in [0.05, 0.1) is 0 Å². The monoisotopic (exact) mass is 352 g/mol. The van der Waals surface area contributed by atoms with Crippen molar-refractivity contribution in [1.82, 2.24) is 10.2 Å². The second-order valence-electron chi connectivity index (χ2n) is 6.32. The third-order valence-corrected chi connectivity index (χ3v) is 4.32. The molecule has 2 amide bonds. The zero-order valence-corrected chi connectivity index (χ0v) is 15.7. The predicted octanol–water partition coefficient (Wildman–Crippen LogP) is 4.08. The van der Waals surface area contributed by atoms with Gasteiger partial charge in [0.15, 0.2) is 0 Å². The van der Waals surface area contributed by atoms with Crippen LogP contribution in [-0.4, -0.2) is 23.3 Å². The summed E-state index contributed by atoms with van der Waals surface area (Å²) in [6, 6.07) is 18.7. The molecule has 138 valence electrons. The molecule has 0 radical (unpaired) electrons. The van der Waals surface area contributed by atoms with Gasteiger partial charge in [-0.25, -0.2) is 0 Å². The van der Waals surface area contributed by atoms with Crippen LogP contribution in [0, 0.1) is 0 Å². The molecule has 4 heteroatoms. The van der Waals surface area contributed by atoms with E-state index in [1.807, 2.05) is 67.6 Å². The van der Waals surface area contributed by atoms with E-state index in [-0.39, 0.29) is 11.8 Å². The Hall–Kier alpha value is -2.62. The summed E-state index contributed by atoms with van der Waals surface area (Å²) in [6.07, 6.45) is 2.30. The summed E-state index contributed by atoms with van der Waals surface area (Å²) in [5.74, 6) is -0.157. The number of unbranched alkanes of at least 4 members (excludes halogenated alkanes) is 1.